The molecule has 0 spiro atoms. The van der Waals surface area contributed by atoms with E-state index in [2.05, 4.69) is 26.1 Å². The lowest BCUT2D eigenvalue weighted by molar-refractivity contribution is 0.179. The molecule has 1 aliphatic rings. The zero-order valence-corrected chi connectivity index (χ0v) is 6.79. The van der Waals surface area contributed by atoms with Crippen LogP contribution in [-0.2, 0) is 0 Å². The molecule has 0 bridgehead atoms. The summed E-state index contributed by atoms with van der Waals surface area (Å²) in [6, 6.07) is 0. The van der Waals surface area contributed by atoms with Crippen molar-refractivity contribution >= 4 is 0 Å². The minimum absolute atomic E-state index is 0.0127. The molecule has 1 unspecified atom stereocenters. The van der Waals surface area contributed by atoms with E-state index < -0.39 is 0 Å². The molecule has 10 heavy (non-hydrogen) atoms. The van der Waals surface area contributed by atoms with Gasteiger partial charge in [0, 0.05) is 6.54 Å². The Morgan fingerprint density at radius 1 is 1.60 bits per heavy atom. The molecule has 0 radical (unpaired) electrons. The fourth-order valence-corrected chi connectivity index (χ4v) is 1.71. The molecule has 0 N–H and O–H groups in total. The largest absolute Gasteiger partial charge is 0.255 e. The summed E-state index contributed by atoms with van der Waals surface area (Å²) in [5.74, 6) is 0.604. The van der Waals surface area contributed by atoms with Gasteiger partial charge in [-0.25, -0.2) is 0 Å². The van der Waals surface area contributed by atoms with Crippen molar-refractivity contribution in [2.24, 2.45) is 11.2 Å². The van der Waals surface area contributed by atoms with Crippen LogP contribution in [0.25, 0.3) is 0 Å². The van der Waals surface area contributed by atoms with Crippen LogP contribution in [0.15, 0.2) is 5.29 Å². The summed E-state index contributed by atoms with van der Waals surface area (Å²) in [6.45, 7) is 7.07. The monoisotopic (exact) mass is 142 g/mol. The van der Waals surface area contributed by atoms with Gasteiger partial charge >= 0.3 is 0 Å². The van der Waals surface area contributed by atoms with Crippen molar-refractivity contribution in [1.82, 2.24) is 5.01 Å². The first-order valence-corrected chi connectivity index (χ1v) is 3.67. The van der Waals surface area contributed by atoms with Gasteiger partial charge in [0.05, 0.1) is 10.8 Å². The molecule has 1 atom stereocenters. The highest BCUT2D eigenvalue weighted by Crippen LogP contribution is 2.31. The van der Waals surface area contributed by atoms with Crippen molar-refractivity contribution < 1.29 is 0 Å². The predicted molar refractivity (Wildman–Crippen MR) is 40.4 cm³/mol. The average Bonchev–Trinajstić information content (AvgIpc) is 2.04. The molecule has 1 saturated heterocycles. The maximum absolute atomic E-state index is 10.2. The first-order valence-electron chi connectivity index (χ1n) is 3.67. The zero-order chi connectivity index (χ0) is 7.78. The third kappa shape index (κ3) is 1.13. The predicted octanol–water partition coefficient (Wildman–Crippen LogP) is 1.79. The summed E-state index contributed by atoms with van der Waals surface area (Å²) in [7, 11) is 0. The molecule has 1 fully saturated rings. The molecule has 3 nitrogen and oxygen atoms in total. The lowest BCUT2D eigenvalue weighted by Crippen LogP contribution is -2.33. The molecule has 1 aliphatic heterocycles. The third-order valence-corrected chi connectivity index (χ3v) is 2.13. The molecule has 0 aromatic heterocycles. The Morgan fingerprint density at radius 3 is 2.40 bits per heavy atom. The Morgan fingerprint density at radius 2 is 2.20 bits per heavy atom. The molecule has 0 aromatic rings. The SMILES string of the molecule is CC1CN(N=O)C(C)(C)C1. The van der Waals surface area contributed by atoms with Crippen molar-refractivity contribution in [3.8, 4) is 0 Å². The topological polar surface area (TPSA) is 32.7 Å². The second-order valence-electron chi connectivity index (χ2n) is 3.79. The average molecular weight is 142 g/mol. The Kier molecular flexibility index (Phi) is 1.67. The minimum atomic E-state index is -0.0127. The van der Waals surface area contributed by atoms with Gasteiger partial charge in [0.25, 0.3) is 0 Å². The summed E-state index contributed by atoms with van der Waals surface area (Å²) in [5.41, 5.74) is -0.0127. The molecule has 0 aliphatic carbocycles. The van der Waals surface area contributed by atoms with Gasteiger partial charge in [-0.15, -0.1) is 4.91 Å². The van der Waals surface area contributed by atoms with Crippen LogP contribution in [0.1, 0.15) is 27.2 Å². The quantitative estimate of drug-likeness (QED) is 0.523. The maximum atomic E-state index is 10.2. The fraction of sp³-hybridized carbons (Fsp3) is 1.00. The fourth-order valence-electron chi connectivity index (χ4n) is 1.71. The molecular formula is C7H14N2O. The number of nitrogens with zero attached hydrogens (tertiary/aromatic N) is 2. The summed E-state index contributed by atoms with van der Waals surface area (Å²) in [6.07, 6.45) is 1.07. The highest BCUT2D eigenvalue weighted by atomic mass is 16.3. The Balaban J connectivity index is 2.67. The number of rotatable bonds is 1. The molecule has 1 heterocycles. The van der Waals surface area contributed by atoms with Gasteiger partial charge in [0.2, 0.25) is 0 Å². The standard InChI is InChI=1S/C7H14N2O/c1-6-4-7(2,3)9(5-6)8-10/h6H,4-5H2,1-3H3. The van der Waals surface area contributed by atoms with Crippen LogP contribution in [0.2, 0.25) is 0 Å². The van der Waals surface area contributed by atoms with E-state index in [1.54, 1.807) is 5.01 Å². The molecule has 58 valence electrons. The smallest absolute Gasteiger partial charge is 0.0558 e. The van der Waals surface area contributed by atoms with E-state index in [0.29, 0.717) is 5.92 Å². The second kappa shape index (κ2) is 2.22. The Hall–Kier alpha value is -0.600. The third-order valence-electron chi connectivity index (χ3n) is 2.13. The van der Waals surface area contributed by atoms with E-state index in [0.717, 1.165) is 13.0 Å². The molecule has 3 heteroatoms. The van der Waals surface area contributed by atoms with Crippen LogP contribution in [0.4, 0.5) is 0 Å². The highest BCUT2D eigenvalue weighted by molar-refractivity contribution is 4.88. The van der Waals surface area contributed by atoms with Gasteiger partial charge in [0.1, 0.15) is 0 Å². The highest BCUT2D eigenvalue weighted by Gasteiger charge is 2.36. The molecule has 0 aromatic carbocycles. The van der Waals surface area contributed by atoms with Crippen LogP contribution in [0.5, 0.6) is 0 Å². The number of nitroso groups, excluding NO2 is 1. The second-order valence-corrected chi connectivity index (χ2v) is 3.79. The van der Waals surface area contributed by atoms with Gasteiger partial charge < -0.3 is 0 Å². The van der Waals surface area contributed by atoms with Crippen molar-refractivity contribution in [1.29, 1.82) is 0 Å². The van der Waals surface area contributed by atoms with E-state index >= 15 is 0 Å². The van der Waals surface area contributed by atoms with Gasteiger partial charge in [-0.3, -0.25) is 5.01 Å². The first kappa shape index (κ1) is 7.51. The minimum Gasteiger partial charge on any atom is -0.255 e. The van der Waals surface area contributed by atoms with Crippen LogP contribution >= 0.6 is 0 Å². The van der Waals surface area contributed by atoms with Crippen molar-refractivity contribution in [3.63, 3.8) is 0 Å². The summed E-state index contributed by atoms with van der Waals surface area (Å²) >= 11 is 0. The van der Waals surface area contributed by atoms with Crippen molar-refractivity contribution in [2.45, 2.75) is 32.7 Å². The van der Waals surface area contributed by atoms with E-state index in [4.69, 9.17) is 0 Å². The lowest BCUT2D eigenvalue weighted by atomic mass is 9.98. The van der Waals surface area contributed by atoms with Crippen LogP contribution in [-0.4, -0.2) is 17.1 Å². The lowest BCUT2D eigenvalue weighted by Gasteiger charge is -2.24. The maximum Gasteiger partial charge on any atom is 0.0558 e. The molecule has 0 saturated carbocycles. The van der Waals surface area contributed by atoms with Crippen LogP contribution < -0.4 is 0 Å². The van der Waals surface area contributed by atoms with Gasteiger partial charge in [-0.1, -0.05) is 6.92 Å². The van der Waals surface area contributed by atoms with E-state index in [1.807, 2.05) is 0 Å². The summed E-state index contributed by atoms with van der Waals surface area (Å²) in [5, 5.41) is 4.61. The van der Waals surface area contributed by atoms with Crippen LogP contribution in [0.3, 0.4) is 0 Å². The summed E-state index contributed by atoms with van der Waals surface area (Å²) < 4.78 is 0. The first-order chi connectivity index (χ1) is 4.56. The zero-order valence-electron chi connectivity index (χ0n) is 6.79. The normalized spacial score (nSPS) is 30.7. The molecule has 1 rings (SSSR count). The van der Waals surface area contributed by atoms with Crippen LogP contribution in [0, 0.1) is 10.8 Å². The summed E-state index contributed by atoms with van der Waals surface area (Å²) in [4.78, 5) is 10.2. The van der Waals surface area contributed by atoms with Gasteiger partial charge in [0.15, 0.2) is 0 Å². The Labute approximate surface area is 61.3 Å². The van der Waals surface area contributed by atoms with E-state index in [-0.39, 0.29) is 5.54 Å². The van der Waals surface area contributed by atoms with Crippen molar-refractivity contribution in [3.05, 3.63) is 4.91 Å². The molecule has 0 amide bonds. The van der Waals surface area contributed by atoms with Gasteiger partial charge in [-0.2, -0.15) is 0 Å². The number of hydrogen-bond acceptors (Lipinski definition) is 2. The molecular weight excluding hydrogens is 128 g/mol. The Bertz CT molecular complexity index is 145. The van der Waals surface area contributed by atoms with Gasteiger partial charge in [-0.05, 0) is 26.2 Å². The van der Waals surface area contributed by atoms with E-state index in [9.17, 15) is 4.91 Å². The van der Waals surface area contributed by atoms with E-state index in [1.165, 1.54) is 0 Å². The number of hydrogen-bond donors (Lipinski definition) is 0. The van der Waals surface area contributed by atoms with Crippen molar-refractivity contribution in [2.75, 3.05) is 6.54 Å².